The Labute approximate surface area is 138 Å². The van der Waals surface area contributed by atoms with Gasteiger partial charge in [0.25, 0.3) is 0 Å². The Morgan fingerprint density at radius 2 is 1.71 bits per heavy atom. The van der Waals surface area contributed by atoms with Crippen LogP contribution in [-0.4, -0.2) is 5.91 Å². The van der Waals surface area contributed by atoms with Crippen molar-refractivity contribution in [3.63, 3.8) is 0 Å². The molecule has 0 heterocycles. The van der Waals surface area contributed by atoms with Crippen LogP contribution in [0.2, 0.25) is 15.1 Å². The second kappa shape index (κ2) is 5.88. The van der Waals surface area contributed by atoms with Crippen LogP contribution in [0.4, 0.5) is 5.69 Å². The Hall–Kier alpha value is -1.22. The van der Waals surface area contributed by atoms with Crippen molar-refractivity contribution < 1.29 is 4.79 Å². The number of anilines is 1. The predicted octanol–water partition coefficient (Wildman–Crippen LogP) is 5.39. The van der Waals surface area contributed by atoms with Crippen LogP contribution in [0.25, 0.3) is 0 Å². The molecule has 1 aliphatic rings. The van der Waals surface area contributed by atoms with Gasteiger partial charge in [0, 0.05) is 26.7 Å². The number of hydrogen-bond donors (Lipinski definition) is 1. The number of halogens is 3. The highest BCUT2D eigenvalue weighted by Gasteiger charge is 2.44. The fraction of sp³-hybridized carbons (Fsp3) is 0.188. The van der Waals surface area contributed by atoms with Crippen molar-refractivity contribution in [2.45, 2.75) is 12.3 Å². The minimum Gasteiger partial charge on any atom is -0.326 e. The van der Waals surface area contributed by atoms with Gasteiger partial charge in [0.15, 0.2) is 0 Å². The lowest BCUT2D eigenvalue weighted by molar-refractivity contribution is -0.117. The lowest BCUT2D eigenvalue weighted by atomic mass is 10.1. The summed E-state index contributed by atoms with van der Waals surface area (Å²) in [5.74, 6) is 0.136. The molecule has 1 aliphatic carbocycles. The van der Waals surface area contributed by atoms with Crippen LogP contribution in [0, 0.1) is 5.92 Å². The summed E-state index contributed by atoms with van der Waals surface area (Å²) in [6.07, 6.45) is 0.809. The van der Waals surface area contributed by atoms with E-state index in [4.69, 9.17) is 34.8 Å². The first-order valence-electron chi connectivity index (χ1n) is 6.55. The molecule has 0 spiro atoms. The van der Waals surface area contributed by atoms with Crippen molar-refractivity contribution in [2.75, 3.05) is 5.32 Å². The van der Waals surface area contributed by atoms with E-state index in [1.165, 1.54) is 0 Å². The van der Waals surface area contributed by atoms with Crippen LogP contribution in [0.5, 0.6) is 0 Å². The Balaban J connectivity index is 1.68. The molecule has 2 aromatic carbocycles. The van der Waals surface area contributed by atoms with E-state index in [1.54, 1.807) is 24.3 Å². The summed E-state index contributed by atoms with van der Waals surface area (Å²) in [5.41, 5.74) is 1.72. The third kappa shape index (κ3) is 3.52. The van der Waals surface area contributed by atoms with Crippen molar-refractivity contribution in [3.8, 4) is 0 Å². The molecule has 0 aliphatic heterocycles. The van der Waals surface area contributed by atoms with E-state index in [1.807, 2.05) is 18.2 Å². The van der Waals surface area contributed by atoms with Crippen LogP contribution in [0.1, 0.15) is 17.9 Å². The van der Waals surface area contributed by atoms with Crippen molar-refractivity contribution in [2.24, 2.45) is 5.92 Å². The molecule has 0 saturated heterocycles. The van der Waals surface area contributed by atoms with Crippen molar-refractivity contribution in [3.05, 3.63) is 63.1 Å². The Bertz CT molecular complexity index is 681. The molecule has 108 valence electrons. The molecule has 2 aromatic rings. The fourth-order valence-electron chi connectivity index (χ4n) is 2.44. The molecular formula is C16H12Cl3NO. The first-order valence-corrected chi connectivity index (χ1v) is 7.69. The number of benzene rings is 2. The lowest BCUT2D eigenvalue weighted by Gasteiger charge is -2.06. The molecule has 5 heteroatoms. The highest BCUT2D eigenvalue weighted by molar-refractivity contribution is 6.34. The second-order valence-electron chi connectivity index (χ2n) is 5.15. The zero-order valence-corrected chi connectivity index (χ0v) is 13.2. The van der Waals surface area contributed by atoms with Gasteiger partial charge in [-0.15, -0.1) is 0 Å². The quantitative estimate of drug-likeness (QED) is 0.797. The van der Waals surface area contributed by atoms with Gasteiger partial charge in [-0.25, -0.2) is 0 Å². The van der Waals surface area contributed by atoms with E-state index in [2.05, 4.69) is 5.32 Å². The summed E-state index contributed by atoms with van der Waals surface area (Å²) >= 11 is 17.9. The van der Waals surface area contributed by atoms with Gasteiger partial charge in [0.1, 0.15) is 0 Å². The van der Waals surface area contributed by atoms with Gasteiger partial charge in [-0.05, 0) is 54.3 Å². The number of hydrogen-bond acceptors (Lipinski definition) is 1. The third-order valence-electron chi connectivity index (χ3n) is 3.53. The first-order chi connectivity index (χ1) is 10.0. The van der Waals surface area contributed by atoms with E-state index in [9.17, 15) is 4.79 Å². The highest BCUT2D eigenvalue weighted by Crippen LogP contribution is 2.49. The average molecular weight is 341 g/mol. The van der Waals surface area contributed by atoms with E-state index >= 15 is 0 Å². The molecule has 2 unspecified atom stereocenters. The van der Waals surface area contributed by atoms with Gasteiger partial charge in [-0.3, -0.25) is 4.79 Å². The smallest absolute Gasteiger partial charge is 0.228 e. The van der Waals surface area contributed by atoms with Gasteiger partial charge in [-0.2, -0.15) is 0 Å². The molecule has 1 amide bonds. The largest absolute Gasteiger partial charge is 0.326 e. The van der Waals surface area contributed by atoms with Crippen LogP contribution in [-0.2, 0) is 4.79 Å². The van der Waals surface area contributed by atoms with E-state index in [-0.39, 0.29) is 17.7 Å². The SMILES string of the molecule is O=C(Nc1cccc(Cl)c1)C1CC1c1cc(Cl)cc(Cl)c1. The number of carbonyl (C=O) groups is 1. The van der Waals surface area contributed by atoms with Gasteiger partial charge >= 0.3 is 0 Å². The maximum atomic E-state index is 12.2. The summed E-state index contributed by atoms with van der Waals surface area (Å²) < 4.78 is 0. The molecule has 0 aromatic heterocycles. The van der Waals surface area contributed by atoms with Gasteiger partial charge in [0.05, 0.1) is 0 Å². The van der Waals surface area contributed by atoms with Crippen LogP contribution >= 0.6 is 34.8 Å². The normalized spacial score (nSPS) is 20.1. The molecule has 1 fully saturated rings. The molecule has 0 radical (unpaired) electrons. The lowest BCUT2D eigenvalue weighted by Crippen LogP contribution is -2.14. The minimum absolute atomic E-state index is 0.00151. The molecule has 0 bridgehead atoms. The molecule has 3 rings (SSSR count). The van der Waals surface area contributed by atoms with E-state index < -0.39 is 0 Å². The van der Waals surface area contributed by atoms with Gasteiger partial charge < -0.3 is 5.32 Å². The number of amides is 1. The second-order valence-corrected chi connectivity index (χ2v) is 6.46. The highest BCUT2D eigenvalue weighted by atomic mass is 35.5. The summed E-state index contributed by atoms with van der Waals surface area (Å²) in [7, 11) is 0. The summed E-state index contributed by atoms with van der Waals surface area (Å²) in [5, 5.41) is 4.67. The van der Waals surface area contributed by atoms with Gasteiger partial charge in [0.2, 0.25) is 5.91 Å². The monoisotopic (exact) mass is 339 g/mol. The van der Waals surface area contributed by atoms with Crippen LogP contribution < -0.4 is 5.32 Å². The molecule has 1 saturated carbocycles. The Kier molecular flexibility index (Phi) is 4.12. The van der Waals surface area contributed by atoms with Crippen LogP contribution in [0.15, 0.2) is 42.5 Å². The van der Waals surface area contributed by atoms with Crippen molar-refractivity contribution >= 4 is 46.4 Å². The molecule has 2 nitrogen and oxygen atoms in total. The van der Waals surface area contributed by atoms with E-state index in [0.717, 1.165) is 12.0 Å². The Morgan fingerprint density at radius 1 is 1.00 bits per heavy atom. The molecule has 1 N–H and O–H groups in total. The molecule has 21 heavy (non-hydrogen) atoms. The predicted molar refractivity (Wildman–Crippen MR) is 87.4 cm³/mol. The Morgan fingerprint density at radius 3 is 2.38 bits per heavy atom. The topological polar surface area (TPSA) is 29.1 Å². The first kappa shape index (κ1) is 14.7. The number of carbonyl (C=O) groups excluding carboxylic acids is 1. The zero-order valence-electron chi connectivity index (χ0n) is 10.9. The zero-order chi connectivity index (χ0) is 15.0. The molecule has 2 atom stereocenters. The van der Waals surface area contributed by atoms with Crippen LogP contribution in [0.3, 0.4) is 0 Å². The summed E-state index contributed by atoms with van der Waals surface area (Å²) in [6, 6.07) is 12.5. The number of rotatable bonds is 3. The third-order valence-corrected chi connectivity index (χ3v) is 4.20. The fourth-order valence-corrected chi connectivity index (χ4v) is 3.18. The van der Waals surface area contributed by atoms with E-state index in [0.29, 0.717) is 20.8 Å². The standard InChI is InChI=1S/C16H12Cl3NO/c17-10-2-1-3-13(7-10)20-16(21)15-8-14(15)9-4-11(18)6-12(19)5-9/h1-7,14-15H,8H2,(H,20,21). The maximum Gasteiger partial charge on any atom is 0.228 e. The summed E-state index contributed by atoms with van der Waals surface area (Å²) in [6.45, 7) is 0. The molecular weight excluding hydrogens is 329 g/mol. The van der Waals surface area contributed by atoms with Gasteiger partial charge in [-0.1, -0.05) is 40.9 Å². The summed E-state index contributed by atoms with van der Waals surface area (Å²) in [4.78, 5) is 12.2. The van der Waals surface area contributed by atoms with Crippen molar-refractivity contribution in [1.82, 2.24) is 0 Å². The average Bonchev–Trinajstić information content (AvgIpc) is 3.17. The number of nitrogens with one attached hydrogen (secondary N) is 1. The maximum absolute atomic E-state index is 12.2. The minimum atomic E-state index is -0.0430. The van der Waals surface area contributed by atoms with Crippen molar-refractivity contribution in [1.29, 1.82) is 0 Å².